The third kappa shape index (κ3) is 4.07. The zero-order valence-electron chi connectivity index (χ0n) is 10.6. The predicted octanol–water partition coefficient (Wildman–Crippen LogP) is 1.09. The Kier molecular flexibility index (Phi) is 4.52. The van der Waals surface area contributed by atoms with Crippen molar-refractivity contribution in [3.63, 3.8) is 0 Å². The summed E-state index contributed by atoms with van der Waals surface area (Å²) in [5, 5.41) is 2.89. The molecule has 0 bridgehead atoms. The lowest BCUT2D eigenvalue weighted by Gasteiger charge is -2.27. The monoisotopic (exact) mass is 236 g/mol. The van der Waals surface area contributed by atoms with E-state index in [0.717, 1.165) is 11.3 Å². The minimum atomic E-state index is -0.342. The maximum atomic E-state index is 11.3. The molecule has 1 rings (SSSR count). The van der Waals surface area contributed by atoms with Crippen LogP contribution in [-0.4, -0.2) is 25.1 Å². The van der Waals surface area contributed by atoms with Crippen molar-refractivity contribution in [1.29, 1.82) is 0 Å². The molecule has 0 radical (unpaired) electrons. The first-order valence-corrected chi connectivity index (χ1v) is 5.61. The number of nitrogens with two attached hydrogens (primary N) is 1. The summed E-state index contributed by atoms with van der Waals surface area (Å²) in [4.78, 5) is 11.3. The fraction of sp³-hybridized carbons (Fsp3) is 0.462. The number of carbonyl (C=O) groups excluding carboxylic acids is 1. The normalized spacial score (nSPS) is 11.1. The summed E-state index contributed by atoms with van der Waals surface area (Å²) in [6.45, 7) is 3.94. The molecule has 0 saturated carbocycles. The Morgan fingerprint density at radius 3 is 2.65 bits per heavy atom. The lowest BCUT2D eigenvalue weighted by Crippen LogP contribution is -2.47. The van der Waals surface area contributed by atoms with Gasteiger partial charge in [0.05, 0.1) is 13.7 Å². The third-order valence-corrected chi connectivity index (χ3v) is 2.49. The number of methoxy groups -OCH3 is 1. The highest BCUT2D eigenvalue weighted by molar-refractivity contribution is 5.78. The van der Waals surface area contributed by atoms with Crippen molar-refractivity contribution in [2.75, 3.05) is 13.7 Å². The van der Waals surface area contributed by atoms with E-state index in [1.54, 1.807) is 7.11 Å². The van der Waals surface area contributed by atoms with E-state index in [1.165, 1.54) is 0 Å². The largest absolute Gasteiger partial charge is 0.496 e. The van der Waals surface area contributed by atoms with Crippen LogP contribution in [-0.2, 0) is 11.2 Å². The molecule has 1 amide bonds. The van der Waals surface area contributed by atoms with Gasteiger partial charge in [-0.3, -0.25) is 4.79 Å². The van der Waals surface area contributed by atoms with Gasteiger partial charge in [0.25, 0.3) is 0 Å². The van der Waals surface area contributed by atoms with E-state index in [9.17, 15) is 4.79 Å². The van der Waals surface area contributed by atoms with Crippen LogP contribution in [0, 0.1) is 0 Å². The molecule has 17 heavy (non-hydrogen) atoms. The average Bonchev–Trinajstić information content (AvgIpc) is 2.28. The number of benzene rings is 1. The van der Waals surface area contributed by atoms with Crippen LogP contribution >= 0.6 is 0 Å². The highest BCUT2D eigenvalue weighted by Gasteiger charge is 2.21. The zero-order valence-corrected chi connectivity index (χ0v) is 10.6. The molecule has 0 saturated heterocycles. The van der Waals surface area contributed by atoms with Gasteiger partial charge in [-0.05, 0) is 31.9 Å². The van der Waals surface area contributed by atoms with Crippen molar-refractivity contribution in [1.82, 2.24) is 5.32 Å². The molecule has 0 unspecified atom stereocenters. The van der Waals surface area contributed by atoms with Crippen LogP contribution in [0.2, 0.25) is 0 Å². The number of hydrogen-bond acceptors (Lipinski definition) is 3. The summed E-state index contributed by atoms with van der Waals surface area (Å²) >= 11 is 0. The zero-order chi connectivity index (χ0) is 12.9. The van der Waals surface area contributed by atoms with Gasteiger partial charge >= 0.3 is 0 Å². The van der Waals surface area contributed by atoms with Crippen LogP contribution in [0.15, 0.2) is 24.3 Å². The molecule has 0 aliphatic rings. The van der Waals surface area contributed by atoms with Gasteiger partial charge in [0.1, 0.15) is 5.75 Å². The van der Waals surface area contributed by atoms with Crippen LogP contribution in [0.1, 0.15) is 19.4 Å². The summed E-state index contributed by atoms with van der Waals surface area (Å²) in [7, 11) is 1.64. The van der Waals surface area contributed by atoms with Crippen molar-refractivity contribution in [3.8, 4) is 5.75 Å². The van der Waals surface area contributed by atoms with E-state index in [4.69, 9.17) is 10.5 Å². The number of nitrogens with one attached hydrogen (secondary N) is 1. The van der Waals surface area contributed by atoms with Crippen molar-refractivity contribution in [2.45, 2.75) is 25.8 Å². The van der Waals surface area contributed by atoms with Crippen molar-refractivity contribution >= 4 is 5.91 Å². The molecule has 1 aromatic rings. The molecule has 94 valence electrons. The highest BCUT2D eigenvalue weighted by Crippen LogP contribution is 2.22. The van der Waals surface area contributed by atoms with Gasteiger partial charge in [-0.15, -0.1) is 0 Å². The number of rotatable bonds is 5. The quantitative estimate of drug-likeness (QED) is 0.804. The Bertz CT molecular complexity index is 389. The lowest BCUT2D eigenvalue weighted by molar-refractivity contribution is -0.121. The van der Waals surface area contributed by atoms with Crippen molar-refractivity contribution in [2.24, 2.45) is 5.73 Å². The molecule has 4 heteroatoms. The lowest BCUT2D eigenvalue weighted by atomic mass is 9.94. The van der Waals surface area contributed by atoms with E-state index in [0.29, 0.717) is 6.42 Å². The molecule has 0 heterocycles. The van der Waals surface area contributed by atoms with Gasteiger partial charge in [0, 0.05) is 5.54 Å². The second kappa shape index (κ2) is 5.68. The fourth-order valence-corrected chi connectivity index (χ4v) is 1.80. The summed E-state index contributed by atoms with van der Waals surface area (Å²) < 4.78 is 5.29. The van der Waals surface area contributed by atoms with E-state index in [1.807, 2.05) is 38.1 Å². The Morgan fingerprint density at radius 1 is 1.41 bits per heavy atom. The molecular weight excluding hydrogens is 216 g/mol. The van der Waals surface area contributed by atoms with Crippen LogP contribution in [0.25, 0.3) is 0 Å². The van der Waals surface area contributed by atoms with E-state index in [2.05, 4.69) is 5.32 Å². The molecule has 0 aliphatic heterocycles. The van der Waals surface area contributed by atoms with E-state index < -0.39 is 0 Å². The SMILES string of the molecule is COc1ccccc1CC(C)(C)NC(=O)CN. The Labute approximate surface area is 102 Å². The smallest absolute Gasteiger partial charge is 0.234 e. The molecule has 0 aromatic heterocycles. The number of amides is 1. The first kappa shape index (κ1) is 13.5. The van der Waals surface area contributed by atoms with Gasteiger partial charge in [0.2, 0.25) is 5.91 Å². The molecule has 0 fully saturated rings. The number of para-hydroxylation sites is 1. The summed E-state index contributed by atoms with van der Waals surface area (Å²) in [6, 6.07) is 7.79. The molecule has 0 aliphatic carbocycles. The Morgan fingerprint density at radius 2 is 2.06 bits per heavy atom. The summed E-state index contributed by atoms with van der Waals surface area (Å²) in [6.07, 6.45) is 0.697. The first-order valence-electron chi connectivity index (χ1n) is 5.61. The van der Waals surface area contributed by atoms with Crippen LogP contribution in [0.4, 0.5) is 0 Å². The van der Waals surface area contributed by atoms with Gasteiger partial charge in [-0.25, -0.2) is 0 Å². The maximum absolute atomic E-state index is 11.3. The molecule has 3 N–H and O–H groups in total. The van der Waals surface area contributed by atoms with Crippen LogP contribution in [0.5, 0.6) is 5.75 Å². The first-order chi connectivity index (χ1) is 7.98. The molecule has 0 atom stereocenters. The average molecular weight is 236 g/mol. The highest BCUT2D eigenvalue weighted by atomic mass is 16.5. The van der Waals surface area contributed by atoms with Gasteiger partial charge in [-0.1, -0.05) is 18.2 Å². The van der Waals surface area contributed by atoms with Crippen molar-refractivity contribution < 1.29 is 9.53 Å². The minimum Gasteiger partial charge on any atom is -0.496 e. The molecule has 1 aromatic carbocycles. The van der Waals surface area contributed by atoms with E-state index >= 15 is 0 Å². The second-order valence-electron chi connectivity index (χ2n) is 4.62. The molecule has 0 spiro atoms. The van der Waals surface area contributed by atoms with Gasteiger partial charge in [0.15, 0.2) is 0 Å². The number of ether oxygens (including phenoxy) is 1. The second-order valence-corrected chi connectivity index (χ2v) is 4.62. The third-order valence-electron chi connectivity index (χ3n) is 2.49. The number of carbonyl (C=O) groups is 1. The van der Waals surface area contributed by atoms with Crippen LogP contribution in [0.3, 0.4) is 0 Å². The van der Waals surface area contributed by atoms with Crippen molar-refractivity contribution in [3.05, 3.63) is 29.8 Å². The number of hydrogen-bond donors (Lipinski definition) is 2. The molecule has 4 nitrogen and oxygen atoms in total. The van der Waals surface area contributed by atoms with E-state index in [-0.39, 0.29) is 18.0 Å². The maximum Gasteiger partial charge on any atom is 0.234 e. The van der Waals surface area contributed by atoms with Crippen LogP contribution < -0.4 is 15.8 Å². The summed E-state index contributed by atoms with van der Waals surface area (Å²) in [5.74, 6) is 0.687. The minimum absolute atomic E-state index is 0.00928. The standard InChI is InChI=1S/C13H20N2O2/c1-13(2,15-12(16)9-14)8-10-6-4-5-7-11(10)17-3/h4-7H,8-9,14H2,1-3H3,(H,15,16). The topological polar surface area (TPSA) is 64.3 Å². The molecular formula is C13H20N2O2. The Hall–Kier alpha value is -1.55. The van der Waals surface area contributed by atoms with Gasteiger partial charge in [-0.2, -0.15) is 0 Å². The fourth-order valence-electron chi connectivity index (χ4n) is 1.80. The Balaban J connectivity index is 2.78. The summed E-state index contributed by atoms with van der Waals surface area (Å²) in [5.41, 5.74) is 6.02. The predicted molar refractivity (Wildman–Crippen MR) is 68.0 cm³/mol. The van der Waals surface area contributed by atoms with Gasteiger partial charge < -0.3 is 15.8 Å².